The molecule has 0 saturated carbocycles. The summed E-state index contributed by atoms with van der Waals surface area (Å²) < 4.78 is 5.32. The van der Waals surface area contributed by atoms with Gasteiger partial charge in [0.2, 0.25) is 11.2 Å². The van der Waals surface area contributed by atoms with Gasteiger partial charge in [0.25, 0.3) is 0 Å². The molecule has 0 unspecified atom stereocenters. The fourth-order valence-corrected chi connectivity index (χ4v) is 2.55. The van der Waals surface area contributed by atoms with Gasteiger partial charge in [-0.1, -0.05) is 6.07 Å². The van der Waals surface area contributed by atoms with Crippen LogP contribution >= 0.6 is 22.9 Å². The molecular weight excluding hydrogens is 296 g/mol. The number of hydrogen-bond donors (Lipinski definition) is 0. The first-order chi connectivity index (χ1) is 9.60. The van der Waals surface area contributed by atoms with E-state index in [9.17, 15) is 0 Å². The van der Waals surface area contributed by atoms with Gasteiger partial charge in [-0.05, 0) is 43.8 Å². The Bertz CT molecular complexity index is 547. The van der Waals surface area contributed by atoms with Gasteiger partial charge in [-0.25, -0.2) is 0 Å². The minimum Gasteiger partial charge on any atom is -0.464 e. The molecule has 2 aromatic heterocycles. The Labute approximate surface area is 127 Å². The number of halogens is 1. The predicted octanol–water partition coefficient (Wildman–Crippen LogP) is 3.40. The van der Waals surface area contributed by atoms with E-state index in [-0.39, 0.29) is 17.3 Å². The second kappa shape index (κ2) is 6.85. The van der Waals surface area contributed by atoms with Crippen LogP contribution in [0.25, 0.3) is 0 Å². The van der Waals surface area contributed by atoms with Crippen molar-refractivity contribution in [3.05, 3.63) is 27.7 Å². The van der Waals surface area contributed by atoms with Crippen LogP contribution in [0.15, 0.2) is 17.5 Å². The summed E-state index contributed by atoms with van der Waals surface area (Å²) in [5.41, 5.74) is 0. The third-order valence-corrected chi connectivity index (χ3v) is 3.67. The molecule has 0 saturated heterocycles. The minimum atomic E-state index is 0.148. The molecule has 0 aromatic carbocycles. The largest absolute Gasteiger partial charge is 0.464 e. The van der Waals surface area contributed by atoms with Gasteiger partial charge in [0.05, 0.1) is 13.2 Å². The lowest BCUT2D eigenvalue weighted by Crippen LogP contribution is -2.31. The summed E-state index contributed by atoms with van der Waals surface area (Å²) in [4.78, 5) is 15.8. The lowest BCUT2D eigenvalue weighted by Gasteiger charge is -2.26. The maximum atomic E-state index is 5.95. The molecule has 20 heavy (non-hydrogen) atoms. The van der Waals surface area contributed by atoms with Gasteiger partial charge in [-0.2, -0.15) is 15.0 Å². The highest BCUT2D eigenvalue weighted by atomic mass is 35.5. The van der Waals surface area contributed by atoms with Crippen LogP contribution in [0.2, 0.25) is 5.28 Å². The van der Waals surface area contributed by atoms with Crippen molar-refractivity contribution in [2.24, 2.45) is 0 Å². The number of aromatic nitrogens is 3. The molecule has 5 nitrogen and oxygen atoms in total. The van der Waals surface area contributed by atoms with Gasteiger partial charge in [0.1, 0.15) is 0 Å². The molecule has 108 valence electrons. The van der Waals surface area contributed by atoms with Gasteiger partial charge in [0.15, 0.2) is 0 Å². The second-order valence-electron chi connectivity index (χ2n) is 4.42. The minimum absolute atomic E-state index is 0.148. The molecule has 7 heteroatoms. The van der Waals surface area contributed by atoms with Crippen LogP contribution in [0.5, 0.6) is 6.01 Å². The number of nitrogens with zero attached hydrogens (tertiary/aromatic N) is 4. The van der Waals surface area contributed by atoms with E-state index < -0.39 is 0 Å². The highest BCUT2D eigenvalue weighted by Gasteiger charge is 2.17. The van der Waals surface area contributed by atoms with Crippen molar-refractivity contribution in [2.45, 2.75) is 33.4 Å². The lowest BCUT2D eigenvalue weighted by molar-refractivity contribution is 0.311. The van der Waals surface area contributed by atoms with Gasteiger partial charge < -0.3 is 9.64 Å². The van der Waals surface area contributed by atoms with Gasteiger partial charge in [-0.15, -0.1) is 11.3 Å². The summed E-state index contributed by atoms with van der Waals surface area (Å²) in [6, 6.07) is 4.63. The summed E-state index contributed by atoms with van der Waals surface area (Å²) in [5, 5.41) is 2.20. The molecule has 0 radical (unpaired) electrons. The smallest absolute Gasteiger partial charge is 0.322 e. The highest BCUT2D eigenvalue weighted by molar-refractivity contribution is 7.09. The van der Waals surface area contributed by atoms with Crippen LogP contribution in [-0.2, 0) is 6.54 Å². The Morgan fingerprint density at radius 2 is 2.15 bits per heavy atom. The third kappa shape index (κ3) is 3.80. The van der Waals surface area contributed by atoms with Crippen LogP contribution in [-0.4, -0.2) is 27.6 Å². The Morgan fingerprint density at radius 3 is 2.75 bits per heavy atom. The molecule has 2 aromatic rings. The number of rotatable bonds is 6. The molecule has 0 aliphatic heterocycles. The average Bonchev–Trinajstić information content (AvgIpc) is 2.88. The van der Waals surface area contributed by atoms with Crippen LogP contribution in [0.3, 0.4) is 0 Å². The molecule has 0 aliphatic rings. The molecule has 2 heterocycles. The van der Waals surface area contributed by atoms with E-state index in [1.807, 2.05) is 13.0 Å². The Morgan fingerprint density at radius 1 is 1.35 bits per heavy atom. The summed E-state index contributed by atoms with van der Waals surface area (Å²) in [6.45, 7) is 7.29. The third-order valence-electron chi connectivity index (χ3n) is 2.64. The first kappa shape index (κ1) is 15.0. The van der Waals surface area contributed by atoms with Crippen molar-refractivity contribution in [3.63, 3.8) is 0 Å². The first-order valence-corrected chi connectivity index (χ1v) is 7.69. The number of hydrogen-bond acceptors (Lipinski definition) is 6. The van der Waals surface area contributed by atoms with E-state index in [0.29, 0.717) is 12.6 Å². The number of anilines is 1. The van der Waals surface area contributed by atoms with Crippen molar-refractivity contribution < 1.29 is 4.74 Å². The fourth-order valence-electron chi connectivity index (χ4n) is 1.70. The van der Waals surface area contributed by atoms with Crippen molar-refractivity contribution in [1.29, 1.82) is 0 Å². The maximum Gasteiger partial charge on any atom is 0.322 e. The zero-order valence-corrected chi connectivity index (χ0v) is 13.3. The van der Waals surface area contributed by atoms with Gasteiger partial charge in [-0.3, -0.25) is 0 Å². The van der Waals surface area contributed by atoms with E-state index in [4.69, 9.17) is 16.3 Å². The second-order valence-corrected chi connectivity index (χ2v) is 5.79. The van der Waals surface area contributed by atoms with Crippen LogP contribution in [0.4, 0.5) is 5.95 Å². The molecule has 0 atom stereocenters. The first-order valence-electron chi connectivity index (χ1n) is 6.43. The van der Waals surface area contributed by atoms with Crippen LogP contribution < -0.4 is 9.64 Å². The molecule has 0 fully saturated rings. The standard InChI is InChI=1S/C13H17ClN4OS/c1-4-19-13-16-11(14)15-12(17-13)18(9(2)3)8-10-6-5-7-20-10/h5-7,9H,4,8H2,1-3H3. The SMILES string of the molecule is CCOc1nc(Cl)nc(N(Cc2cccs2)C(C)C)n1. The van der Waals surface area contributed by atoms with Gasteiger partial charge in [0, 0.05) is 10.9 Å². The Kier molecular flexibility index (Phi) is 5.14. The zero-order valence-electron chi connectivity index (χ0n) is 11.7. The molecular formula is C13H17ClN4OS. The van der Waals surface area contributed by atoms with E-state index in [1.54, 1.807) is 11.3 Å². The van der Waals surface area contributed by atoms with Crippen LogP contribution in [0.1, 0.15) is 25.6 Å². The van der Waals surface area contributed by atoms with Gasteiger partial charge >= 0.3 is 6.01 Å². The molecule has 0 amide bonds. The van der Waals surface area contributed by atoms with E-state index in [0.717, 1.165) is 6.54 Å². The summed E-state index contributed by atoms with van der Waals surface area (Å²) in [7, 11) is 0. The highest BCUT2D eigenvalue weighted by Crippen LogP contribution is 2.21. The Hall–Kier alpha value is -1.40. The number of ether oxygens (including phenoxy) is 1. The summed E-state index contributed by atoms with van der Waals surface area (Å²) in [6.07, 6.45) is 0. The average molecular weight is 313 g/mol. The van der Waals surface area contributed by atoms with Crippen molar-refractivity contribution >= 4 is 28.9 Å². The molecule has 2 rings (SSSR count). The van der Waals surface area contributed by atoms with E-state index in [1.165, 1.54) is 4.88 Å². The molecule has 0 aliphatic carbocycles. The zero-order chi connectivity index (χ0) is 14.5. The van der Waals surface area contributed by atoms with E-state index >= 15 is 0 Å². The summed E-state index contributed by atoms with van der Waals surface area (Å²) >= 11 is 7.65. The quantitative estimate of drug-likeness (QED) is 0.818. The maximum absolute atomic E-state index is 5.95. The lowest BCUT2D eigenvalue weighted by atomic mass is 10.3. The van der Waals surface area contributed by atoms with E-state index in [2.05, 4.69) is 45.1 Å². The molecule has 0 bridgehead atoms. The normalized spacial score (nSPS) is 10.8. The summed E-state index contributed by atoms with van der Waals surface area (Å²) in [5.74, 6) is 0.539. The molecule has 0 spiro atoms. The molecule has 0 N–H and O–H groups in total. The monoisotopic (exact) mass is 312 g/mol. The van der Waals surface area contributed by atoms with Crippen molar-refractivity contribution in [3.8, 4) is 6.01 Å². The topological polar surface area (TPSA) is 51.1 Å². The Balaban J connectivity index is 2.28. The van der Waals surface area contributed by atoms with Crippen LogP contribution in [0, 0.1) is 0 Å². The number of thiophene rings is 1. The van der Waals surface area contributed by atoms with Crippen molar-refractivity contribution in [1.82, 2.24) is 15.0 Å². The fraction of sp³-hybridized carbons (Fsp3) is 0.462. The van der Waals surface area contributed by atoms with Crippen molar-refractivity contribution in [2.75, 3.05) is 11.5 Å². The predicted molar refractivity (Wildman–Crippen MR) is 81.6 cm³/mol.